The lowest BCUT2D eigenvalue weighted by molar-refractivity contribution is -0.384. The van der Waals surface area contributed by atoms with Crippen molar-refractivity contribution in [1.29, 1.82) is 5.26 Å². The largest absolute Gasteiger partial charge is 0.369 e. The molecule has 2 rings (SSSR count). The minimum Gasteiger partial charge on any atom is -0.369 e. The Labute approximate surface area is 130 Å². The van der Waals surface area contributed by atoms with Gasteiger partial charge in [0.05, 0.1) is 16.2 Å². The molecule has 6 heteroatoms. The molecule has 0 atom stereocenters. The third-order valence-corrected chi connectivity index (χ3v) is 3.83. The van der Waals surface area contributed by atoms with E-state index >= 15 is 0 Å². The van der Waals surface area contributed by atoms with Gasteiger partial charge in [0.1, 0.15) is 6.07 Å². The van der Waals surface area contributed by atoms with Gasteiger partial charge in [-0.2, -0.15) is 5.26 Å². The maximum Gasteiger partial charge on any atom is 0.270 e. The molecule has 0 saturated carbocycles. The summed E-state index contributed by atoms with van der Waals surface area (Å²) in [5, 5.41) is 19.9. The van der Waals surface area contributed by atoms with E-state index in [4.69, 9.17) is 5.26 Å². The van der Waals surface area contributed by atoms with Crippen LogP contribution in [0.5, 0.6) is 0 Å². The summed E-state index contributed by atoms with van der Waals surface area (Å²) >= 11 is 3.36. The van der Waals surface area contributed by atoms with Gasteiger partial charge in [0.25, 0.3) is 5.69 Å². The van der Waals surface area contributed by atoms with Crippen molar-refractivity contribution in [2.75, 3.05) is 11.9 Å². The van der Waals surface area contributed by atoms with E-state index in [1.165, 1.54) is 12.1 Å². The van der Waals surface area contributed by atoms with E-state index in [-0.39, 0.29) is 5.69 Å². The number of hydrogen-bond donors (Lipinski definition) is 0. The molecule has 21 heavy (non-hydrogen) atoms. The van der Waals surface area contributed by atoms with Crippen LogP contribution in [0.15, 0.2) is 46.9 Å². The Morgan fingerprint density at radius 3 is 2.67 bits per heavy atom. The Bertz CT molecular complexity index is 725. The fourth-order valence-electron chi connectivity index (χ4n) is 2.02. The Hall–Kier alpha value is -2.39. The number of benzene rings is 2. The van der Waals surface area contributed by atoms with Crippen LogP contribution in [-0.2, 0) is 6.54 Å². The van der Waals surface area contributed by atoms with Gasteiger partial charge in [0.15, 0.2) is 0 Å². The number of halogens is 1. The molecule has 0 radical (unpaired) electrons. The van der Waals surface area contributed by atoms with E-state index in [0.29, 0.717) is 16.6 Å². The fourth-order valence-corrected chi connectivity index (χ4v) is 2.51. The molecule has 0 amide bonds. The molecule has 0 bridgehead atoms. The summed E-state index contributed by atoms with van der Waals surface area (Å²) in [6.07, 6.45) is 0. The molecular formula is C15H12BrN3O2. The topological polar surface area (TPSA) is 70.2 Å². The number of non-ortho nitro benzene ring substituents is 1. The molecule has 0 N–H and O–H groups in total. The van der Waals surface area contributed by atoms with Crippen molar-refractivity contribution in [1.82, 2.24) is 0 Å². The zero-order chi connectivity index (χ0) is 15.4. The first-order valence-corrected chi connectivity index (χ1v) is 6.95. The van der Waals surface area contributed by atoms with Crippen LogP contribution in [0.2, 0.25) is 0 Å². The van der Waals surface area contributed by atoms with Crippen LogP contribution >= 0.6 is 15.9 Å². The number of para-hydroxylation sites is 1. The quantitative estimate of drug-likeness (QED) is 0.623. The van der Waals surface area contributed by atoms with Crippen molar-refractivity contribution >= 4 is 27.3 Å². The lowest BCUT2D eigenvalue weighted by Gasteiger charge is -2.21. The third-order valence-electron chi connectivity index (χ3n) is 3.09. The molecule has 0 spiro atoms. The zero-order valence-corrected chi connectivity index (χ0v) is 12.9. The number of nitro groups is 1. The number of nitro benzene ring substituents is 1. The predicted octanol–water partition coefficient (Wildman–Crippen LogP) is 3.87. The fraction of sp³-hybridized carbons (Fsp3) is 0.133. The number of anilines is 1. The predicted molar refractivity (Wildman–Crippen MR) is 84.1 cm³/mol. The number of nitriles is 1. The Morgan fingerprint density at radius 2 is 2.05 bits per heavy atom. The summed E-state index contributed by atoms with van der Waals surface area (Å²) < 4.78 is 0.679. The van der Waals surface area contributed by atoms with Crippen molar-refractivity contribution < 1.29 is 4.92 Å². The lowest BCUT2D eigenvalue weighted by atomic mass is 10.1. The molecular weight excluding hydrogens is 334 g/mol. The van der Waals surface area contributed by atoms with Crippen LogP contribution < -0.4 is 4.90 Å². The SMILES string of the molecule is CN(Cc1ccc([N+](=O)[O-])cc1Br)c1ccccc1C#N. The second-order valence-electron chi connectivity index (χ2n) is 4.52. The Morgan fingerprint density at radius 1 is 1.33 bits per heavy atom. The first kappa shape index (κ1) is 15.0. The third kappa shape index (κ3) is 3.38. The van der Waals surface area contributed by atoms with Gasteiger partial charge >= 0.3 is 0 Å². The van der Waals surface area contributed by atoms with E-state index in [2.05, 4.69) is 22.0 Å². The molecule has 2 aromatic rings. The average molecular weight is 346 g/mol. The van der Waals surface area contributed by atoms with Crippen LogP contribution in [0.25, 0.3) is 0 Å². The van der Waals surface area contributed by atoms with E-state index in [1.54, 1.807) is 12.1 Å². The molecule has 2 aromatic carbocycles. The summed E-state index contributed by atoms with van der Waals surface area (Å²) in [5.41, 5.74) is 2.38. The molecule has 0 aliphatic rings. The molecule has 106 valence electrons. The minimum absolute atomic E-state index is 0.0469. The normalized spacial score (nSPS) is 9.95. The molecule has 5 nitrogen and oxygen atoms in total. The van der Waals surface area contributed by atoms with Gasteiger partial charge in [-0.3, -0.25) is 10.1 Å². The van der Waals surface area contributed by atoms with E-state index in [1.807, 2.05) is 30.1 Å². The van der Waals surface area contributed by atoms with Crippen molar-refractivity contribution in [2.45, 2.75) is 6.54 Å². The maximum absolute atomic E-state index is 10.7. The second kappa shape index (κ2) is 6.37. The van der Waals surface area contributed by atoms with Gasteiger partial charge in [0.2, 0.25) is 0 Å². The zero-order valence-electron chi connectivity index (χ0n) is 11.3. The van der Waals surface area contributed by atoms with Crippen LogP contribution in [0.3, 0.4) is 0 Å². The van der Waals surface area contributed by atoms with Gasteiger partial charge in [-0.25, -0.2) is 0 Å². The molecule has 0 unspecified atom stereocenters. The highest BCUT2D eigenvalue weighted by molar-refractivity contribution is 9.10. The Kier molecular flexibility index (Phi) is 4.55. The van der Waals surface area contributed by atoms with E-state index in [0.717, 1.165) is 11.3 Å². The standard InChI is InChI=1S/C15H12BrN3O2/c1-18(15-5-3-2-4-11(15)9-17)10-12-6-7-13(19(20)21)8-14(12)16/h2-8H,10H2,1H3. The Balaban J connectivity index is 2.26. The molecule has 0 fully saturated rings. The highest BCUT2D eigenvalue weighted by atomic mass is 79.9. The monoisotopic (exact) mass is 345 g/mol. The van der Waals surface area contributed by atoms with Gasteiger partial charge in [-0.1, -0.05) is 28.1 Å². The second-order valence-corrected chi connectivity index (χ2v) is 5.37. The minimum atomic E-state index is -0.427. The summed E-state index contributed by atoms with van der Waals surface area (Å²) in [6.45, 7) is 0.539. The number of rotatable bonds is 4. The van der Waals surface area contributed by atoms with Gasteiger partial charge < -0.3 is 4.90 Å². The highest BCUT2D eigenvalue weighted by Crippen LogP contribution is 2.26. The van der Waals surface area contributed by atoms with Crippen LogP contribution in [0.1, 0.15) is 11.1 Å². The van der Waals surface area contributed by atoms with Crippen LogP contribution in [0.4, 0.5) is 11.4 Å². The number of nitrogens with zero attached hydrogens (tertiary/aromatic N) is 3. The summed E-state index contributed by atoms with van der Waals surface area (Å²) in [5.74, 6) is 0. The van der Waals surface area contributed by atoms with Gasteiger partial charge in [-0.15, -0.1) is 0 Å². The maximum atomic E-state index is 10.7. The molecule has 0 saturated heterocycles. The van der Waals surface area contributed by atoms with Crippen molar-refractivity contribution in [3.8, 4) is 6.07 Å². The smallest absolute Gasteiger partial charge is 0.270 e. The first-order chi connectivity index (χ1) is 10.0. The van der Waals surface area contributed by atoms with E-state index < -0.39 is 4.92 Å². The molecule has 0 heterocycles. The van der Waals surface area contributed by atoms with Crippen LogP contribution in [0, 0.1) is 21.4 Å². The molecule has 0 aromatic heterocycles. The van der Waals surface area contributed by atoms with E-state index in [9.17, 15) is 10.1 Å². The van der Waals surface area contributed by atoms with Crippen LogP contribution in [-0.4, -0.2) is 12.0 Å². The van der Waals surface area contributed by atoms with Crippen molar-refractivity contribution in [3.63, 3.8) is 0 Å². The summed E-state index contributed by atoms with van der Waals surface area (Å²) in [6, 6.07) is 14.2. The van der Waals surface area contributed by atoms with Crippen molar-refractivity contribution in [2.24, 2.45) is 0 Å². The average Bonchev–Trinajstić information content (AvgIpc) is 2.48. The van der Waals surface area contributed by atoms with Gasteiger partial charge in [0, 0.05) is 30.2 Å². The molecule has 0 aliphatic heterocycles. The van der Waals surface area contributed by atoms with Crippen molar-refractivity contribution in [3.05, 3.63) is 68.2 Å². The summed E-state index contributed by atoms with van der Waals surface area (Å²) in [4.78, 5) is 12.2. The summed E-state index contributed by atoms with van der Waals surface area (Å²) in [7, 11) is 1.88. The lowest BCUT2D eigenvalue weighted by Crippen LogP contribution is -2.17. The highest BCUT2D eigenvalue weighted by Gasteiger charge is 2.12. The first-order valence-electron chi connectivity index (χ1n) is 6.16. The van der Waals surface area contributed by atoms with Gasteiger partial charge in [-0.05, 0) is 23.8 Å². The number of hydrogen-bond acceptors (Lipinski definition) is 4. The molecule has 0 aliphatic carbocycles.